The van der Waals surface area contributed by atoms with Gasteiger partial charge in [0, 0.05) is 24.5 Å². The lowest BCUT2D eigenvalue weighted by Crippen LogP contribution is -2.48. The molecule has 2 amide bonds. The number of nitrogens with one attached hydrogen (secondary N) is 3. The van der Waals surface area contributed by atoms with Gasteiger partial charge in [-0.1, -0.05) is 32.4 Å². The van der Waals surface area contributed by atoms with Gasteiger partial charge in [0.15, 0.2) is 5.78 Å². The molecule has 2 atom stereocenters. The lowest BCUT2D eigenvalue weighted by molar-refractivity contribution is -0.121. The van der Waals surface area contributed by atoms with E-state index in [9.17, 15) is 14.4 Å². The van der Waals surface area contributed by atoms with Crippen LogP contribution in [0.25, 0.3) is 0 Å². The van der Waals surface area contributed by atoms with Gasteiger partial charge in [0.25, 0.3) is 11.8 Å². The first kappa shape index (κ1) is 27.6. The van der Waals surface area contributed by atoms with Crippen molar-refractivity contribution >= 4 is 23.3 Å². The molecule has 196 valence electrons. The Morgan fingerprint density at radius 1 is 1.05 bits per heavy atom. The molecule has 3 aromatic rings. The minimum atomic E-state index is -0.649. The topological polar surface area (TPSA) is 114 Å². The molecule has 37 heavy (non-hydrogen) atoms. The molecule has 0 unspecified atom stereocenters. The number of nitrogens with zero attached hydrogens (tertiary/aromatic N) is 2. The van der Waals surface area contributed by atoms with Crippen molar-refractivity contribution in [3.63, 3.8) is 0 Å². The number of ketones is 1. The second-order valence-corrected chi connectivity index (χ2v) is 8.86. The van der Waals surface area contributed by atoms with Crippen LogP contribution in [0.3, 0.4) is 0 Å². The molecule has 1 heterocycles. The number of Topliss-reactive ketones (excluding diaryl/α,β-unsaturated/α-hetero) is 1. The van der Waals surface area contributed by atoms with Gasteiger partial charge in [-0.2, -0.15) is 0 Å². The number of benzene rings is 2. The van der Waals surface area contributed by atoms with E-state index in [0.717, 1.165) is 19.4 Å². The van der Waals surface area contributed by atoms with E-state index in [1.807, 2.05) is 24.6 Å². The Morgan fingerprint density at radius 2 is 1.81 bits per heavy atom. The van der Waals surface area contributed by atoms with Crippen molar-refractivity contribution in [1.29, 1.82) is 0 Å². The van der Waals surface area contributed by atoms with Crippen LogP contribution >= 0.6 is 0 Å². The molecule has 0 radical (unpaired) electrons. The number of carbonyl (C=O) groups is 3. The third kappa shape index (κ3) is 8.01. The van der Waals surface area contributed by atoms with Gasteiger partial charge in [0.05, 0.1) is 37.3 Å². The lowest BCUT2D eigenvalue weighted by Gasteiger charge is -2.24. The number of para-hydroxylation sites is 1. The molecule has 0 saturated heterocycles. The monoisotopic (exact) mass is 505 g/mol. The first-order chi connectivity index (χ1) is 17.9. The predicted octanol–water partition coefficient (Wildman–Crippen LogP) is 3.54. The van der Waals surface area contributed by atoms with Gasteiger partial charge >= 0.3 is 0 Å². The highest BCUT2D eigenvalue weighted by atomic mass is 16.5. The highest BCUT2D eigenvalue weighted by Gasteiger charge is 2.27. The van der Waals surface area contributed by atoms with Crippen LogP contribution in [-0.4, -0.2) is 53.4 Å². The van der Waals surface area contributed by atoms with Gasteiger partial charge in [0.1, 0.15) is 5.75 Å². The average molecular weight is 506 g/mol. The third-order valence-corrected chi connectivity index (χ3v) is 6.25. The minimum Gasteiger partial charge on any atom is -0.497 e. The summed E-state index contributed by atoms with van der Waals surface area (Å²) in [5.74, 6) is -0.248. The summed E-state index contributed by atoms with van der Waals surface area (Å²) >= 11 is 0. The first-order valence-corrected chi connectivity index (χ1v) is 12.5. The maximum absolute atomic E-state index is 13.2. The van der Waals surface area contributed by atoms with Crippen molar-refractivity contribution in [1.82, 2.24) is 20.2 Å². The van der Waals surface area contributed by atoms with Gasteiger partial charge in [0.2, 0.25) is 0 Å². The van der Waals surface area contributed by atoms with Crippen molar-refractivity contribution in [2.75, 3.05) is 25.5 Å². The van der Waals surface area contributed by atoms with Crippen molar-refractivity contribution in [2.24, 2.45) is 5.92 Å². The van der Waals surface area contributed by atoms with Gasteiger partial charge in [-0.3, -0.25) is 14.4 Å². The molecular weight excluding hydrogens is 470 g/mol. The third-order valence-electron chi connectivity index (χ3n) is 6.25. The first-order valence-electron chi connectivity index (χ1n) is 12.5. The van der Waals surface area contributed by atoms with E-state index in [0.29, 0.717) is 29.1 Å². The van der Waals surface area contributed by atoms with Crippen molar-refractivity contribution in [2.45, 2.75) is 39.3 Å². The number of anilines is 1. The number of amides is 2. The van der Waals surface area contributed by atoms with Crippen molar-refractivity contribution < 1.29 is 19.1 Å². The summed E-state index contributed by atoms with van der Waals surface area (Å²) in [6.45, 7) is 5.57. The summed E-state index contributed by atoms with van der Waals surface area (Å²) in [5, 5.41) is 8.90. The van der Waals surface area contributed by atoms with Gasteiger partial charge in [-0.05, 0) is 55.3 Å². The predicted molar refractivity (Wildman–Crippen MR) is 143 cm³/mol. The Labute approximate surface area is 217 Å². The smallest absolute Gasteiger partial charge is 0.255 e. The van der Waals surface area contributed by atoms with Crippen LogP contribution in [0.5, 0.6) is 5.75 Å². The van der Waals surface area contributed by atoms with Crippen LogP contribution in [0, 0.1) is 5.92 Å². The summed E-state index contributed by atoms with van der Waals surface area (Å²) in [7, 11) is 1.56. The van der Waals surface area contributed by atoms with Crippen LogP contribution < -0.4 is 20.7 Å². The highest BCUT2D eigenvalue weighted by molar-refractivity contribution is 6.09. The minimum absolute atomic E-state index is 0.0507. The molecule has 0 aliphatic rings. The molecular formula is C28H35N5O4. The van der Waals surface area contributed by atoms with Crippen LogP contribution in [0.2, 0.25) is 0 Å². The number of carbonyl (C=O) groups excluding carboxylic acids is 3. The zero-order valence-electron chi connectivity index (χ0n) is 21.6. The molecule has 9 nitrogen and oxygen atoms in total. The van der Waals surface area contributed by atoms with Crippen LogP contribution in [0.15, 0.2) is 67.3 Å². The van der Waals surface area contributed by atoms with E-state index in [1.165, 1.54) is 0 Å². The fourth-order valence-corrected chi connectivity index (χ4v) is 3.85. The molecule has 3 rings (SSSR count). The molecule has 2 aromatic carbocycles. The lowest BCUT2D eigenvalue weighted by atomic mass is 9.94. The largest absolute Gasteiger partial charge is 0.497 e. The normalized spacial score (nSPS) is 12.4. The number of aryl methyl sites for hydroxylation is 1. The maximum Gasteiger partial charge on any atom is 0.255 e. The van der Waals surface area contributed by atoms with E-state index in [1.54, 1.807) is 68.2 Å². The van der Waals surface area contributed by atoms with E-state index in [2.05, 4.69) is 20.9 Å². The Balaban J connectivity index is 1.61. The molecule has 3 N–H and O–H groups in total. The molecule has 0 bridgehead atoms. The van der Waals surface area contributed by atoms with Gasteiger partial charge in [-0.25, -0.2) is 4.98 Å². The highest BCUT2D eigenvalue weighted by Crippen LogP contribution is 2.19. The Kier molecular flexibility index (Phi) is 10.4. The number of hydrogen-bond donors (Lipinski definition) is 3. The summed E-state index contributed by atoms with van der Waals surface area (Å²) in [6.07, 6.45) is 6.98. The number of aromatic nitrogens is 2. The van der Waals surface area contributed by atoms with E-state index < -0.39 is 11.9 Å². The number of ether oxygens (including phenoxy) is 1. The quantitative estimate of drug-likeness (QED) is 0.289. The molecule has 0 fully saturated rings. The number of methoxy groups -OCH3 is 1. The Bertz CT molecular complexity index is 1160. The Morgan fingerprint density at radius 3 is 2.49 bits per heavy atom. The van der Waals surface area contributed by atoms with Crippen molar-refractivity contribution in [3.8, 4) is 5.75 Å². The fraction of sp³-hybridized carbons (Fsp3) is 0.357. The van der Waals surface area contributed by atoms with Gasteiger partial charge < -0.3 is 25.3 Å². The average Bonchev–Trinajstić information content (AvgIpc) is 3.44. The zero-order chi connectivity index (χ0) is 26.6. The fourth-order valence-electron chi connectivity index (χ4n) is 3.85. The van der Waals surface area contributed by atoms with Crippen LogP contribution in [0.1, 0.15) is 47.4 Å². The van der Waals surface area contributed by atoms with Gasteiger partial charge in [-0.15, -0.1) is 0 Å². The van der Waals surface area contributed by atoms with Crippen LogP contribution in [0.4, 0.5) is 5.69 Å². The van der Waals surface area contributed by atoms with Crippen LogP contribution in [-0.2, 0) is 11.3 Å². The second kappa shape index (κ2) is 13.9. The van der Waals surface area contributed by atoms with Crippen molar-refractivity contribution in [3.05, 3.63) is 78.4 Å². The second-order valence-electron chi connectivity index (χ2n) is 8.86. The maximum atomic E-state index is 13.2. The molecule has 0 aliphatic heterocycles. The van der Waals surface area contributed by atoms with E-state index in [4.69, 9.17) is 4.74 Å². The number of imidazole rings is 1. The Hall–Kier alpha value is -3.98. The summed E-state index contributed by atoms with van der Waals surface area (Å²) in [4.78, 5) is 43.1. The SMILES string of the molecule is CC[C@@H](C)[C@H](NC(=O)c1ccccc1NC(=O)c1ccc(OC)cc1)C(=O)CNCCCn1ccnc1. The standard InChI is InChI=1S/C28H35N5O4/c1-4-20(2)26(25(34)18-29-14-7-16-33-17-15-30-19-33)32-28(36)23-8-5-6-9-24(23)31-27(35)21-10-12-22(37-3)13-11-21/h5-6,8-13,15,17,19-20,26,29H,4,7,14,16,18H2,1-3H3,(H,31,35)(H,32,36)/t20-,26+/m1/s1. The molecule has 1 aromatic heterocycles. The molecule has 0 spiro atoms. The summed E-state index contributed by atoms with van der Waals surface area (Å²) in [5.41, 5.74) is 1.09. The molecule has 0 saturated carbocycles. The molecule has 0 aliphatic carbocycles. The van der Waals surface area contributed by atoms with E-state index >= 15 is 0 Å². The molecule has 9 heteroatoms. The number of hydrogen-bond acceptors (Lipinski definition) is 6. The summed E-state index contributed by atoms with van der Waals surface area (Å²) < 4.78 is 7.12. The summed E-state index contributed by atoms with van der Waals surface area (Å²) in [6, 6.07) is 12.8. The van der Waals surface area contributed by atoms with E-state index in [-0.39, 0.29) is 24.2 Å². The zero-order valence-corrected chi connectivity index (χ0v) is 21.6. The number of rotatable bonds is 14.